The van der Waals surface area contributed by atoms with Crippen LogP contribution < -0.4 is 19.4 Å². The Morgan fingerprint density at radius 2 is 1.93 bits per heavy atom. The molecule has 4 aromatic rings. The highest BCUT2D eigenvalue weighted by atomic mass is 32.2. The minimum atomic E-state index is -3.72. The Bertz CT molecular complexity index is 1630. The molecular formula is C27H35N9O5S. The summed E-state index contributed by atoms with van der Waals surface area (Å²) < 4.78 is 43.0. The quantitative estimate of drug-likeness (QED) is 0.281. The Morgan fingerprint density at radius 3 is 2.60 bits per heavy atom. The van der Waals surface area contributed by atoms with Crippen LogP contribution in [-0.2, 0) is 28.4 Å². The van der Waals surface area contributed by atoms with E-state index in [1.165, 1.54) is 10.5 Å². The van der Waals surface area contributed by atoms with Gasteiger partial charge >= 0.3 is 5.95 Å². The molecule has 6 rings (SSSR count). The predicted molar refractivity (Wildman–Crippen MR) is 156 cm³/mol. The number of fused-ring (bicyclic) bond motifs is 1. The van der Waals surface area contributed by atoms with Crippen molar-refractivity contribution >= 4 is 38.4 Å². The van der Waals surface area contributed by atoms with Gasteiger partial charge in [-0.3, -0.25) is 13.9 Å². The molecule has 0 atom stereocenters. The second-order valence-corrected chi connectivity index (χ2v) is 12.7. The number of hydrogen-bond donors (Lipinski definition) is 1. The molecule has 42 heavy (non-hydrogen) atoms. The second-order valence-electron chi connectivity index (χ2n) is 10.8. The molecule has 14 nitrogen and oxygen atoms in total. The van der Waals surface area contributed by atoms with Crippen molar-refractivity contribution in [2.45, 2.75) is 44.4 Å². The van der Waals surface area contributed by atoms with Gasteiger partial charge in [0.05, 0.1) is 67.0 Å². The van der Waals surface area contributed by atoms with Crippen LogP contribution in [0.4, 0.5) is 17.5 Å². The first-order valence-electron chi connectivity index (χ1n) is 14.0. The lowest BCUT2D eigenvalue weighted by Gasteiger charge is -2.31. The van der Waals surface area contributed by atoms with E-state index in [9.17, 15) is 13.6 Å². The first-order chi connectivity index (χ1) is 20.3. The van der Waals surface area contributed by atoms with Gasteiger partial charge in [0.2, 0.25) is 15.9 Å². The summed E-state index contributed by atoms with van der Waals surface area (Å²) in [5.41, 5.74) is 2.23. The van der Waals surface area contributed by atoms with Gasteiger partial charge in [-0.05, 0) is 31.7 Å². The van der Waals surface area contributed by atoms with Gasteiger partial charge in [0.15, 0.2) is 0 Å². The molecule has 4 aromatic heterocycles. The summed E-state index contributed by atoms with van der Waals surface area (Å²) in [5, 5.41) is 11.9. The van der Waals surface area contributed by atoms with Crippen LogP contribution in [0.15, 0.2) is 43.2 Å². The van der Waals surface area contributed by atoms with Crippen molar-refractivity contribution in [2.75, 3.05) is 41.8 Å². The van der Waals surface area contributed by atoms with Crippen molar-refractivity contribution in [3.63, 3.8) is 0 Å². The van der Waals surface area contributed by atoms with Gasteiger partial charge < -0.3 is 29.6 Å². The normalized spacial score (nSPS) is 19.7. The average molecular weight is 598 g/mol. The van der Waals surface area contributed by atoms with Crippen molar-refractivity contribution in [3.8, 4) is 5.88 Å². The van der Waals surface area contributed by atoms with Crippen LogP contribution in [0.3, 0.4) is 0 Å². The molecule has 0 radical (unpaired) electrons. The van der Waals surface area contributed by atoms with Crippen molar-refractivity contribution < 1.29 is 23.4 Å². The molecule has 0 spiro atoms. The zero-order valence-corrected chi connectivity index (χ0v) is 24.5. The van der Waals surface area contributed by atoms with Crippen LogP contribution in [0.1, 0.15) is 37.4 Å². The van der Waals surface area contributed by atoms with Crippen molar-refractivity contribution in [3.05, 3.63) is 54.1 Å². The molecule has 2 N–H and O–H groups in total. The molecule has 5 heterocycles. The number of hydrogen-bond acceptors (Lipinski definition) is 10. The Morgan fingerprint density at radius 1 is 1.14 bits per heavy atom. The predicted octanol–water partition coefficient (Wildman–Crippen LogP) is 1.62. The van der Waals surface area contributed by atoms with E-state index in [-0.39, 0.29) is 18.6 Å². The number of anilines is 2. The Hall–Kier alpha value is -3.79. The highest BCUT2D eigenvalue weighted by molar-refractivity contribution is 7.92. The fourth-order valence-corrected chi connectivity index (χ4v) is 6.47. The van der Waals surface area contributed by atoms with E-state index in [0.29, 0.717) is 66.0 Å². The molecule has 1 saturated carbocycles. The maximum atomic E-state index is 13.0. The third-order valence-electron chi connectivity index (χ3n) is 8.04. The third kappa shape index (κ3) is 5.90. The standard InChI is InChI=1S/C27H35N9O5S/c1-33-21(16-30-27(33)32-37)17-36(42(2,38)39)20-13-23-24(29-15-20)14-25(34-9-11-40-12-10-34)31-26(23)41-22-5-3-19(4-6-22)35-8-7-28-18-35/h7-8,13-16,18-19,22H,3-6,9-12,17,32H2,1-2H3. The number of nitrogens with two attached hydrogens (primary N) is 1. The van der Waals surface area contributed by atoms with E-state index < -0.39 is 10.0 Å². The SMILES string of the molecule is Cn1c(CN(c2cnc3cc(N4CCOCC4)nc(OC4CCC(n5ccnc5)CC4)c3c2)S(C)(=O)=O)cnc1[NH2+][O-]. The highest BCUT2D eigenvalue weighted by Crippen LogP contribution is 2.35. The topological polar surface area (TPSA) is 160 Å². The van der Waals surface area contributed by atoms with Crippen LogP contribution in [0.25, 0.3) is 10.9 Å². The maximum Gasteiger partial charge on any atom is 0.305 e. The number of rotatable bonds is 9. The van der Waals surface area contributed by atoms with Crippen LogP contribution in [-0.4, -0.2) is 76.2 Å². The summed E-state index contributed by atoms with van der Waals surface area (Å²) in [6, 6.07) is 4.07. The summed E-state index contributed by atoms with van der Waals surface area (Å²) in [7, 11) is -2.04. The number of nitrogens with zero attached hydrogens (tertiary/aromatic N) is 8. The molecule has 1 aliphatic heterocycles. The first-order valence-corrected chi connectivity index (χ1v) is 15.9. The lowest BCUT2D eigenvalue weighted by Crippen LogP contribution is -2.71. The summed E-state index contributed by atoms with van der Waals surface area (Å²) >= 11 is 0. The smallest absolute Gasteiger partial charge is 0.305 e. The maximum absolute atomic E-state index is 13.0. The lowest BCUT2D eigenvalue weighted by molar-refractivity contribution is -0.507. The molecule has 0 unspecified atom stereocenters. The van der Waals surface area contributed by atoms with Gasteiger partial charge in [-0.2, -0.15) is 9.97 Å². The molecule has 1 aliphatic carbocycles. The van der Waals surface area contributed by atoms with Crippen LogP contribution in [0.2, 0.25) is 0 Å². The minimum absolute atomic E-state index is 0.0168. The van der Waals surface area contributed by atoms with Crippen LogP contribution in [0, 0.1) is 5.21 Å². The molecule has 0 aromatic carbocycles. The Kier molecular flexibility index (Phi) is 7.98. The van der Waals surface area contributed by atoms with Crippen molar-refractivity contribution in [1.82, 2.24) is 29.1 Å². The first kappa shape index (κ1) is 28.3. The number of aromatic nitrogens is 6. The molecule has 0 bridgehead atoms. The van der Waals surface area contributed by atoms with Gasteiger partial charge in [-0.1, -0.05) is 0 Å². The highest BCUT2D eigenvalue weighted by Gasteiger charge is 2.27. The summed E-state index contributed by atoms with van der Waals surface area (Å²) in [6.07, 6.45) is 13.4. The molecule has 2 aliphatic rings. The number of pyridine rings is 2. The zero-order valence-electron chi connectivity index (χ0n) is 23.7. The number of quaternary nitrogens is 1. The van der Waals surface area contributed by atoms with Gasteiger partial charge in [0.1, 0.15) is 11.9 Å². The van der Waals surface area contributed by atoms with Crippen molar-refractivity contribution in [2.24, 2.45) is 7.05 Å². The second kappa shape index (κ2) is 11.8. The zero-order chi connectivity index (χ0) is 29.3. The number of sulfonamides is 1. The fourth-order valence-electron chi connectivity index (χ4n) is 5.62. The monoisotopic (exact) mass is 597 g/mol. The van der Waals surface area contributed by atoms with Gasteiger partial charge in [-0.15, -0.1) is 0 Å². The number of morpholine rings is 1. The average Bonchev–Trinajstić information content (AvgIpc) is 3.66. The summed E-state index contributed by atoms with van der Waals surface area (Å²) in [6.45, 7) is 2.63. The van der Waals surface area contributed by atoms with Gasteiger partial charge in [0, 0.05) is 44.6 Å². The lowest BCUT2D eigenvalue weighted by atomic mass is 9.93. The molecular weight excluding hydrogens is 562 g/mol. The van der Waals surface area contributed by atoms with E-state index in [0.717, 1.165) is 37.8 Å². The minimum Gasteiger partial charge on any atom is -0.628 e. The van der Waals surface area contributed by atoms with Crippen LogP contribution in [0.5, 0.6) is 5.88 Å². The van der Waals surface area contributed by atoms with E-state index >= 15 is 0 Å². The van der Waals surface area contributed by atoms with E-state index in [2.05, 4.69) is 24.4 Å². The summed E-state index contributed by atoms with van der Waals surface area (Å²) in [5.74, 6) is 1.41. The Balaban J connectivity index is 1.34. The molecule has 0 amide bonds. The van der Waals surface area contributed by atoms with E-state index in [1.54, 1.807) is 30.1 Å². The molecule has 224 valence electrons. The van der Waals surface area contributed by atoms with Gasteiger partial charge in [-0.25, -0.2) is 13.4 Å². The number of imidazole rings is 2. The van der Waals surface area contributed by atoms with Gasteiger partial charge in [0.25, 0.3) is 0 Å². The van der Waals surface area contributed by atoms with E-state index in [4.69, 9.17) is 14.5 Å². The summed E-state index contributed by atoms with van der Waals surface area (Å²) in [4.78, 5) is 20.0. The van der Waals surface area contributed by atoms with Crippen LogP contribution >= 0.6 is 0 Å². The van der Waals surface area contributed by atoms with E-state index in [1.807, 2.05) is 18.6 Å². The largest absolute Gasteiger partial charge is 0.628 e. The molecule has 1 saturated heterocycles. The molecule has 15 heteroatoms. The molecule has 2 fully saturated rings. The Labute approximate surface area is 243 Å². The van der Waals surface area contributed by atoms with Crippen molar-refractivity contribution in [1.29, 1.82) is 0 Å². The fraction of sp³-hybridized carbons (Fsp3) is 0.481. The number of ether oxygens (including phenoxy) is 2. The third-order valence-corrected chi connectivity index (χ3v) is 9.18.